The predicted octanol–water partition coefficient (Wildman–Crippen LogP) is -0.124. The third kappa shape index (κ3) is 4.51. The Morgan fingerprint density at radius 2 is 2.38 bits per heavy atom. The molecule has 1 heterocycles. The fraction of sp³-hybridized carbons (Fsp3) is 0.800. The standard InChI is InChI=1S/C10H17NO4S/c1-8(13)16-9-6-10(14)11(7-9)2-4-15-5-3-12/h9,12H,2-7H2,1H3. The molecule has 1 aliphatic heterocycles. The number of carbonyl (C=O) groups excluding carboxylic acids is 2. The van der Waals surface area contributed by atoms with Crippen molar-refractivity contribution in [3.8, 4) is 0 Å². The van der Waals surface area contributed by atoms with Gasteiger partial charge in [-0.05, 0) is 0 Å². The van der Waals surface area contributed by atoms with Gasteiger partial charge in [0.15, 0.2) is 5.12 Å². The van der Waals surface area contributed by atoms with Crippen LogP contribution in [0.5, 0.6) is 0 Å². The third-order valence-electron chi connectivity index (χ3n) is 2.25. The van der Waals surface area contributed by atoms with Gasteiger partial charge in [0.1, 0.15) is 0 Å². The fourth-order valence-electron chi connectivity index (χ4n) is 1.61. The molecule has 1 atom stereocenters. The Labute approximate surface area is 99.1 Å². The number of aliphatic hydroxyl groups is 1. The van der Waals surface area contributed by atoms with Crippen LogP contribution in [-0.4, -0.2) is 59.2 Å². The maximum atomic E-state index is 11.5. The SMILES string of the molecule is CC(=O)SC1CC(=O)N(CCOCCO)C1. The van der Waals surface area contributed by atoms with Crippen molar-refractivity contribution in [1.29, 1.82) is 0 Å². The van der Waals surface area contributed by atoms with Crippen LogP contribution in [0.3, 0.4) is 0 Å². The average Bonchev–Trinajstić information content (AvgIpc) is 2.53. The molecule has 5 nitrogen and oxygen atoms in total. The largest absolute Gasteiger partial charge is 0.394 e. The van der Waals surface area contributed by atoms with Crippen LogP contribution in [0.1, 0.15) is 13.3 Å². The van der Waals surface area contributed by atoms with Crippen LogP contribution in [0.15, 0.2) is 0 Å². The zero-order valence-corrected chi connectivity index (χ0v) is 10.2. The molecule has 0 bridgehead atoms. The lowest BCUT2D eigenvalue weighted by Crippen LogP contribution is -2.29. The van der Waals surface area contributed by atoms with Crippen LogP contribution in [0.2, 0.25) is 0 Å². The van der Waals surface area contributed by atoms with E-state index < -0.39 is 0 Å². The second-order valence-corrected chi connectivity index (χ2v) is 5.09. The summed E-state index contributed by atoms with van der Waals surface area (Å²) in [6, 6.07) is 0. The van der Waals surface area contributed by atoms with E-state index in [-0.39, 0.29) is 22.9 Å². The number of ether oxygens (including phenoxy) is 1. The van der Waals surface area contributed by atoms with Gasteiger partial charge in [0.2, 0.25) is 5.91 Å². The van der Waals surface area contributed by atoms with Gasteiger partial charge in [-0.1, -0.05) is 11.8 Å². The van der Waals surface area contributed by atoms with Crippen molar-refractivity contribution in [2.24, 2.45) is 0 Å². The van der Waals surface area contributed by atoms with E-state index >= 15 is 0 Å². The number of likely N-dealkylation sites (tertiary alicyclic amines) is 1. The van der Waals surface area contributed by atoms with Gasteiger partial charge < -0.3 is 14.7 Å². The van der Waals surface area contributed by atoms with Crippen LogP contribution in [0.25, 0.3) is 0 Å². The molecular weight excluding hydrogens is 230 g/mol. The van der Waals surface area contributed by atoms with Crippen molar-refractivity contribution in [3.63, 3.8) is 0 Å². The normalized spacial score (nSPS) is 20.5. The molecule has 0 saturated carbocycles. The summed E-state index contributed by atoms with van der Waals surface area (Å²) in [5.41, 5.74) is 0. The Hall–Kier alpha value is -0.590. The molecule has 1 unspecified atom stereocenters. The summed E-state index contributed by atoms with van der Waals surface area (Å²) in [5, 5.41) is 8.64. The van der Waals surface area contributed by atoms with Crippen molar-refractivity contribution in [3.05, 3.63) is 0 Å². The smallest absolute Gasteiger partial charge is 0.223 e. The zero-order valence-electron chi connectivity index (χ0n) is 9.35. The Morgan fingerprint density at radius 1 is 1.62 bits per heavy atom. The molecule has 0 radical (unpaired) electrons. The highest BCUT2D eigenvalue weighted by atomic mass is 32.2. The van der Waals surface area contributed by atoms with Crippen molar-refractivity contribution in [2.45, 2.75) is 18.6 Å². The molecule has 1 amide bonds. The minimum Gasteiger partial charge on any atom is -0.394 e. The highest BCUT2D eigenvalue weighted by molar-refractivity contribution is 8.14. The van der Waals surface area contributed by atoms with Crippen molar-refractivity contribution < 1.29 is 19.4 Å². The minimum absolute atomic E-state index is 0.00321. The van der Waals surface area contributed by atoms with E-state index in [0.717, 1.165) is 0 Å². The molecule has 0 aromatic carbocycles. The highest BCUT2D eigenvalue weighted by Crippen LogP contribution is 2.23. The first-order chi connectivity index (χ1) is 7.63. The van der Waals surface area contributed by atoms with E-state index in [1.807, 2.05) is 0 Å². The first kappa shape index (κ1) is 13.5. The second kappa shape index (κ2) is 6.88. The maximum absolute atomic E-state index is 11.5. The Bertz CT molecular complexity index is 259. The number of carbonyl (C=O) groups is 2. The van der Waals surface area contributed by atoms with Gasteiger partial charge in [0.25, 0.3) is 0 Å². The minimum atomic E-state index is -0.00321. The molecule has 0 aromatic rings. The van der Waals surface area contributed by atoms with Gasteiger partial charge in [-0.15, -0.1) is 0 Å². The monoisotopic (exact) mass is 247 g/mol. The molecule has 0 aliphatic carbocycles. The number of hydrogen-bond acceptors (Lipinski definition) is 5. The third-order valence-corrected chi connectivity index (χ3v) is 3.23. The Kier molecular flexibility index (Phi) is 5.79. The summed E-state index contributed by atoms with van der Waals surface area (Å²) in [6.45, 7) is 3.40. The number of amides is 1. The molecule has 0 aromatic heterocycles. The van der Waals surface area contributed by atoms with Crippen LogP contribution < -0.4 is 0 Å². The first-order valence-electron chi connectivity index (χ1n) is 5.27. The number of nitrogens with zero attached hydrogens (tertiary/aromatic N) is 1. The number of aliphatic hydroxyl groups excluding tert-OH is 1. The van der Waals surface area contributed by atoms with Crippen LogP contribution in [0, 0.1) is 0 Å². The molecule has 92 valence electrons. The highest BCUT2D eigenvalue weighted by Gasteiger charge is 2.30. The van der Waals surface area contributed by atoms with Crippen LogP contribution >= 0.6 is 11.8 Å². The van der Waals surface area contributed by atoms with Gasteiger partial charge in [-0.2, -0.15) is 0 Å². The lowest BCUT2D eigenvalue weighted by Gasteiger charge is -2.15. The van der Waals surface area contributed by atoms with Gasteiger partial charge in [-0.25, -0.2) is 0 Å². The van der Waals surface area contributed by atoms with Crippen LogP contribution in [-0.2, 0) is 14.3 Å². The van der Waals surface area contributed by atoms with E-state index in [1.54, 1.807) is 4.90 Å². The molecule has 1 N–H and O–H groups in total. The molecule has 6 heteroatoms. The van der Waals surface area contributed by atoms with E-state index in [4.69, 9.17) is 9.84 Å². The average molecular weight is 247 g/mol. The molecular formula is C10H17NO4S. The summed E-state index contributed by atoms with van der Waals surface area (Å²) < 4.78 is 5.09. The summed E-state index contributed by atoms with van der Waals surface area (Å²) in [5.74, 6) is 0.0753. The molecule has 1 saturated heterocycles. The second-order valence-electron chi connectivity index (χ2n) is 3.61. The molecule has 1 aliphatic rings. The summed E-state index contributed by atoms with van der Waals surface area (Å²) >= 11 is 1.23. The predicted molar refractivity (Wildman–Crippen MR) is 61.2 cm³/mol. The first-order valence-corrected chi connectivity index (χ1v) is 6.15. The van der Waals surface area contributed by atoms with Gasteiger partial charge in [-0.3, -0.25) is 9.59 Å². The summed E-state index contributed by atoms with van der Waals surface area (Å²) in [6.07, 6.45) is 0.435. The maximum Gasteiger partial charge on any atom is 0.223 e. The van der Waals surface area contributed by atoms with E-state index in [2.05, 4.69) is 0 Å². The molecule has 0 spiro atoms. The van der Waals surface area contributed by atoms with E-state index in [1.165, 1.54) is 18.7 Å². The fourth-order valence-corrected chi connectivity index (χ4v) is 2.56. The molecule has 16 heavy (non-hydrogen) atoms. The topological polar surface area (TPSA) is 66.8 Å². The molecule has 1 rings (SSSR count). The zero-order chi connectivity index (χ0) is 12.0. The lowest BCUT2D eigenvalue weighted by molar-refractivity contribution is -0.128. The van der Waals surface area contributed by atoms with E-state index in [9.17, 15) is 9.59 Å². The number of rotatable bonds is 6. The van der Waals surface area contributed by atoms with Gasteiger partial charge >= 0.3 is 0 Å². The quantitative estimate of drug-likeness (QED) is 0.663. The molecule has 1 fully saturated rings. The van der Waals surface area contributed by atoms with Crippen molar-refractivity contribution in [2.75, 3.05) is 32.9 Å². The summed E-state index contributed by atoms with van der Waals surface area (Å²) in [7, 11) is 0. The van der Waals surface area contributed by atoms with Crippen molar-refractivity contribution in [1.82, 2.24) is 4.90 Å². The summed E-state index contributed by atoms with van der Waals surface area (Å²) in [4.78, 5) is 24.1. The number of hydrogen-bond donors (Lipinski definition) is 1. The van der Waals surface area contributed by atoms with Gasteiger partial charge in [0, 0.05) is 31.7 Å². The van der Waals surface area contributed by atoms with E-state index in [0.29, 0.717) is 32.7 Å². The lowest BCUT2D eigenvalue weighted by atomic mass is 10.4. The Balaban J connectivity index is 2.23. The Morgan fingerprint density at radius 3 is 3.00 bits per heavy atom. The van der Waals surface area contributed by atoms with Crippen molar-refractivity contribution >= 4 is 22.8 Å². The number of thioether (sulfide) groups is 1. The van der Waals surface area contributed by atoms with Crippen LogP contribution in [0.4, 0.5) is 0 Å². The van der Waals surface area contributed by atoms with Gasteiger partial charge in [0.05, 0.1) is 19.8 Å².